The van der Waals surface area contributed by atoms with Crippen molar-refractivity contribution in [3.05, 3.63) is 64.3 Å². The maximum atomic E-state index is 11.5. The fourth-order valence-corrected chi connectivity index (χ4v) is 5.12. The number of carbonyl (C=O) groups is 1. The van der Waals surface area contributed by atoms with Gasteiger partial charge in [0.2, 0.25) is 0 Å². The van der Waals surface area contributed by atoms with Crippen LogP contribution in [0.3, 0.4) is 0 Å². The molecule has 1 heterocycles. The van der Waals surface area contributed by atoms with Crippen LogP contribution in [0, 0.1) is 0 Å². The van der Waals surface area contributed by atoms with Gasteiger partial charge in [0.15, 0.2) is 0 Å². The summed E-state index contributed by atoms with van der Waals surface area (Å²) in [5.74, 6) is -0.651. The van der Waals surface area contributed by atoms with Crippen LogP contribution in [0.25, 0.3) is 10.9 Å². The van der Waals surface area contributed by atoms with E-state index in [1.807, 2.05) is 12.1 Å². The molecule has 0 spiro atoms. The third-order valence-corrected chi connectivity index (χ3v) is 6.48. The molecule has 0 fully saturated rings. The van der Waals surface area contributed by atoms with Crippen LogP contribution in [0.1, 0.15) is 42.0 Å². The van der Waals surface area contributed by atoms with Gasteiger partial charge in [-0.1, -0.05) is 35.9 Å². The van der Waals surface area contributed by atoms with Crippen molar-refractivity contribution in [2.75, 3.05) is 6.26 Å². The van der Waals surface area contributed by atoms with Gasteiger partial charge < -0.3 is 9.67 Å². The lowest BCUT2D eigenvalue weighted by molar-refractivity contribution is -0.137. The molecule has 27 heavy (non-hydrogen) atoms. The Morgan fingerprint density at radius 3 is 2.74 bits per heavy atom. The van der Waals surface area contributed by atoms with Gasteiger partial charge in [0.1, 0.15) is 0 Å². The zero-order chi connectivity index (χ0) is 19.0. The summed E-state index contributed by atoms with van der Waals surface area (Å²) in [6.07, 6.45) is 5.30. The minimum atomic E-state index is -0.721. The van der Waals surface area contributed by atoms with Gasteiger partial charge in [0.05, 0.1) is 11.9 Å². The topological polar surface area (TPSA) is 42.2 Å². The summed E-state index contributed by atoms with van der Waals surface area (Å²) in [5, 5.41) is 11.5. The molecule has 0 saturated heterocycles. The van der Waals surface area contributed by atoms with Crippen LogP contribution in [0.5, 0.6) is 0 Å². The molecule has 1 aromatic heterocycles. The maximum absolute atomic E-state index is 11.5. The van der Waals surface area contributed by atoms with Crippen LogP contribution in [0.2, 0.25) is 5.02 Å². The molecule has 5 heteroatoms. The normalized spacial score (nSPS) is 16.4. The summed E-state index contributed by atoms with van der Waals surface area (Å²) in [7, 11) is 0. The number of hydrogen-bond acceptors (Lipinski definition) is 2. The van der Waals surface area contributed by atoms with Gasteiger partial charge in [-0.15, -0.1) is 11.8 Å². The van der Waals surface area contributed by atoms with Crippen LogP contribution >= 0.6 is 23.4 Å². The van der Waals surface area contributed by atoms with Gasteiger partial charge in [-0.25, -0.2) is 0 Å². The molecule has 2 aromatic carbocycles. The Bertz CT molecular complexity index is 994. The molecule has 1 N–H and O–H groups in total. The van der Waals surface area contributed by atoms with Gasteiger partial charge in [-0.05, 0) is 54.8 Å². The molecule has 3 aromatic rings. The van der Waals surface area contributed by atoms with Crippen molar-refractivity contribution in [2.24, 2.45) is 0 Å². The third-order valence-electron chi connectivity index (χ3n) is 5.45. The molecule has 1 atom stereocenters. The van der Waals surface area contributed by atoms with Crippen molar-refractivity contribution in [3.63, 3.8) is 0 Å². The number of benzene rings is 2. The second kappa shape index (κ2) is 7.61. The summed E-state index contributed by atoms with van der Waals surface area (Å²) in [4.78, 5) is 12.7. The molecule has 0 bridgehead atoms. The molecule has 0 unspecified atom stereocenters. The molecular weight excluding hydrogens is 378 g/mol. The Hall–Kier alpha value is -1.91. The summed E-state index contributed by atoms with van der Waals surface area (Å²) in [6, 6.07) is 14.4. The minimum absolute atomic E-state index is 0.0701. The van der Waals surface area contributed by atoms with Gasteiger partial charge in [-0.2, -0.15) is 0 Å². The highest BCUT2D eigenvalue weighted by atomic mass is 35.5. The molecule has 0 radical (unpaired) electrons. The van der Waals surface area contributed by atoms with Crippen molar-refractivity contribution in [3.8, 4) is 0 Å². The number of halogens is 1. The van der Waals surface area contributed by atoms with E-state index in [0.717, 1.165) is 30.8 Å². The number of fused-ring (bicyclic) bond motifs is 3. The Labute approximate surface area is 168 Å². The second-order valence-electron chi connectivity index (χ2n) is 7.12. The summed E-state index contributed by atoms with van der Waals surface area (Å²) in [6.45, 7) is 0.733. The van der Waals surface area contributed by atoms with Crippen LogP contribution < -0.4 is 0 Å². The molecule has 3 nitrogen and oxygen atoms in total. The van der Waals surface area contributed by atoms with E-state index in [9.17, 15) is 9.90 Å². The van der Waals surface area contributed by atoms with Gasteiger partial charge in [-0.3, -0.25) is 4.79 Å². The zero-order valence-electron chi connectivity index (χ0n) is 15.2. The van der Waals surface area contributed by atoms with E-state index in [4.69, 9.17) is 11.6 Å². The van der Waals surface area contributed by atoms with Crippen molar-refractivity contribution < 1.29 is 9.90 Å². The predicted molar refractivity (Wildman–Crippen MR) is 112 cm³/mol. The van der Waals surface area contributed by atoms with Crippen molar-refractivity contribution in [1.29, 1.82) is 0 Å². The molecule has 4 rings (SSSR count). The number of carboxylic acid groups (broad SMARTS) is 1. The van der Waals surface area contributed by atoms with E-state index in [0.29, 0.717) is 0 Å². The highest BCUT2D eigenvalue weighted by Crippen LogP contribution is 2.42. The van der Waals surface area contributed by atoms with Crippen LogP contribution in [0.15, 0.2) is 47.4 Å². The van der Waals surface area contributed by atoms with E-state index < -0.39 is 5.97 Å². The van der Waals surface area contributed by atoms with Crippen molar-refractivity contribution in [2.45, 2.75) is 43.0 Å². The number of thioether (sulfide) groups is 1. The number of aliphatic carboxylic acids is 1. The van der Waals surface area contributed by atoms with E-state index in [-0.39, 0.29) is 12.3 Å². The maximum Gasteiger partial charge on any atom is 0.304 e. The monoisotopic (exact) mass is 399 g/mol. The predicted octanol–water partition coefficient (Wildman–Crippen LogP) is 5.96. The Morgan fingerprint density at radius 2 is 2.04 bits per heavy atom. The van der Waals surface area contributed by atoms with E-state index in [1.54, 1.807) is 11.8 Å². The first-order valence-corrected chi connectivity index (χ1v) is 10.8. The summed E-state index contributed by atoms with van der Waals surface area (Å²) >= 11 is 7.80. The second-order valence-corrected chi connectivity index (χ2v) is 8.40. The van der Waals surface area contributed by atoms with E-state index in [2.05, 4.69) is 41.2 Å². The van der Waals surface area contributed by atoms with E-state index in [1.165, 1.54) is 32.6 Å². The van der Waals surface area contributed by atoms with E-state index >= 15 is 0 Å². The first kappa shape index (κ1) is 18.5. The Kier molecular flexibility index (Phi) is 5.20. The highest BCUT2D eigenvalue weighted by Gasteiger charge is 2.30. The first-order valence-electron chi connectivity index (χ1n) is 9.22. The first-order chi connectivity index (χ1) is 13.1. The molecule has 1 aliphatic carbocycles. The molecular formula is C22H22ClNO2S. The van der Waals surface area contributed by atoms with Crippen molar-refractivity contribution in [1.82, 2.24) is 4.57 Å². The largest absolute Gasteiger partial charge is 0.481 e. The lowest BCUT2D eigenvalue weighted by Crippen LogP contribution is -2.17. The molecule has 0 aliphatic heterocycles. The zero-order valence-corrected chi connectivity index (χ0v) is 16.8. The number of carboxylic acids is 1. The molecule has 0 amide bonds. The standard InChI is InChI=1S/C22H22ClNO2S/c1-27-19-7-3-6-18-17-5-2-4-15(12-20(25)26)21(17)24(22(18)19)13-14-8-10-16(23)11-9-14/h3,6-11,15H,2,4-5,12-13H2,1H3,(H,25,26)/t15-/m1/s1. The lowest BCUT2D eigenvalue weighted by Gasteiger charge is -2.25. The number of aryl methyl sites for hydroxylation is 1. The lowest BCUT2D eigenvalue weighted by atomic mass is 9.84. The fraction of sp³-hybridized carbons (Fsp3) is 0.318. The fourth-order valence-electron chi connectivity index (χ4n) is 4.37. The molecule has 0 saturated carbocycles. The summed E-state index contributed by atoms with van der Waals surface area (Å²) < 4.78 is 2.37. The molecule has 140 valence electrons. The van der Waals surface area contributed by atoms with Gasteiger partial charge >= 0.3 is 5.97 Å². The Morgan fingerprint density at radius 1 is 1.26 bits per heavy atom. The average Bonchev–Trinajstić information content (AvgIpc) is 2.98. The summed E-state index contributed by atoms with van der Waals surface area (Å²) in [5.41, 5.74) is 4.97. The molecule has 1 aliphatic rings. The number of nitrogens with zero attached hydrogens (tertiary/aromatic N) is 1. The quantitative estimate of drug-likeness (QED) is 0.538. The minimum Gasteiger partial charge on any atom is -0.481 e. The average molecular weight is 400 g/mol. The van der Waals surface area contributed by atoms with Gasteiger partial charge in [0, 0.05) is 33.5 Å². The Balaban J connectivity index is 1.93. The number of hydrogen-bond donors (Lipinski definition) is 1. The van der Waals surface area contributed by atoms with Gasteiger partial charge in [0.25, 0.3) is 0 Å². The SMILES string of the molecule is CSc1cccc2c3c(n(Cc4ccc(Cl)cc4)c12)[C@@H](CC(=O)O)CCC3. The third kappa shape index (κ3) is 3.48. The van der Waals surface area contributed by atoms with Crippen LogP contribution in [-0.4, -0.2) is 21.9 Å². The van der Waals surface area contributed by atoms with Crippen LogP contribution in [-0.2, 0) is 17.8 Å². The van der Waals surface area contributed by atoms with Crippen LogP contribution in [0.4, 0.5) is 0 Å². The number of aromatic nitrogens is 1. The smallest absolute Gasteiger partial charge is 0.304 e. The highest BCUT2D eigenvalue weighted by molar-refractivity contribution is 7.98. The number of para-hydroxylation sites is 1. The van der Waals surface area contributed by atoms with Crippen molar-refractivity contribution >= 4 is 40.2 Å². The number of rotatable bonds is 5.